The molecule has 2 aliphatic rings. The van der Waals surface area contributed by atoms with Crippen molar-refractivity contribution < 1.29 is 4.79 Å². The molecule has 0 aromatic carbocycles. The Bertz CT molecular complexity index is 295. The summed E-state index contributed by atoms with van der Waals surface area (Å²) in [7, 11) is 0. The van der Waals surface area contributed by atoms with Crippen molar-refractivity contribution in [3.63, 3.8) is 0 Å². The standard InChI is InChI=1S/C16H26O/c1-3-13-6-10-15(11-7-13)16(17)14-8-4-12(2)5-9-14/h8,12-13,15H,3-7,9-11H2,1-2H3. The minimum Gasteiger partial charge on any atom is -0.294 e. The van der Waals surface area contributed by atoms with Crippen LogP contribution in [0.15, 0.2) is 11.6 Å². The van der Waals surface area contributed by atoms with Gasteiger partial charge in [0, 0.05) is 5.92 Å². The molecule has 0 bridgehead atoms. The van der Waals surface area contributed by atoms with Crippen LogP contribution in [0.3, 0.4) is 0 Å². The van der Waals surface area contributed by atoms with Gasteiger partial charge in [0.25, 0.3) is 0 Å². The van der Waals surface area contributed by atoms with Gasteiger partial charge < -0.3 is 0 Å². The van der Waals surface area contributed by atoms with Crippen LogP contribution in [0.1, 0.15) is 65.2 Å². The van der Waals surface area contributed by atoms with Crippen molar-refractivity contribution >= 4 is 5.78 Å². The van der Waals surface area contributed by atoms with Crippen LogP contribution in [-0.4, -0.2) is 5.78 Å². The van der Waals surface area contributed by atoms with E-state index in [1.54, 1.807) is 0 Å². The lowest BCUT2D eigenvalue weighted by Crippen LogP contribution is -2.24. The lowest BCUT2D eigenvalue weighted by Gasteiger charge is -2.28. The smallest absolute Gasteiger partial charge is 0.161 e. The molecule has 0 heterocycles. The van der Waals surface area contributed by atoms with E-state index in [9.17, 15) is 4.79 Å². The molecule has 2 rings (SSSR count). The normalized spacial score (nSPS) is 34.2. The average molecular weight is 234 g/mol. The van der Waals surface area contributed by atoms with Gasteiger partial charge in [-0.15, -0.1) is 0 Å². The zero-order valence-electron chi connectivity index (χ0n) is 11.4. The molecule has 1 unspecified atom stereocenters. The van der Waals surface area contributed by atoms with Gasteiger partial charge in [-0.1, -0.05) is 26.3 Å². The molecule has 0 N–H and O–H groups in total. The average Bonchev–Trinajstić information content (AvgIpc) is 2.39. The van der Waals surface area contributed by atoms with Crippen molar-refractivity contribution in [2.45, 2.75) is 65.2 Å². The first-order chi connectivity index (χ1) is 8.20. The fourth-order valence-corrected chi connectivity index (χ4v) is 3.28. The summed E-state index contributed by atoms with van der Waals surface area (Å²) >= 11 is 0. The van der Waals surface area contributed by atoms with Crippen molar-refractivity contribution in [2.24, 2.45) is 17.8 Å². The third-order valence-electron chi connectivity index (χ3n) is 4.78. The van der Waals surface area contributed by atoms with E-state index in [0.717, 1.165) is 43.1 Å². The van der Waals surface area contributed by atoms with Gasteiger partial charge in [-0.05, 0) is 62.4 Å². The lowest BCUT2D eigenvalue weighted by molar-refractivity contribution is -0.120. The van der Waals surface area contributed by atoms with Crippen molar-refractivity contribution in [3.05, 3.63) is 11.6 Å². The zero-order valence-corrected chi connectivity index (χ0v) is 11.4. The summed E-state index contributed by atoms with van der Waals surface area (Å²) in [6.45, 7) is 4.56. The highest BCUT2D eigenvalue weighted by molar-refractivity contribution is 5.97. The highest BCUT2D eigenvalue weighted by Crippen LogP contribution is 2.34. The summed E-state index contributed by atoms with van der Waals surface area (Å²) in [6.07, 6.45) is 11.7. The number of carbonyl (C=O) groups is 1. The minimum atomic E-state index is 0.359. The molecule has 0 spiro atoms. The number of rotatable bonds is 3. The predicted octanol–water partition coefficient (Wildman–Crippen LogP) is 4.52. The Kier molecular flexibility index (Phi) is 4.42. The van der Waals surface area contributed by atoms with Crippen molar-refractivity contribution in [1.29, 1.82) is 0 Å². The Morgan fingerprint density at radius 1 is 1.24 bits per heavy atom. The molecule has 0 aromatic rings. The number of allylic oxidation sites excluding steroid dienone is 2. The van der Waals surface area contributed by atoms with Crippen molar-refractivity contribution in [3.8, 4) is 0 Å². The lowest BCUT2D eigenvalue weighted by atomic mass is 9.76. The number of carbonyl (C=O) groups excluding carboxylic acids is 1. The van der Waals surface area contributed by atoms with Gasteiger partial charge in [0.2, 0.25) is 0 Å². The molecule has 2 aliphatic carbocycles. The molecule has 1 saturated carbocycles. The van der Waals surface area contributed by atoms with Gasteiger partial charge in [-0.3, -0.25) is 4.79 Å². The van der Waals surface area contributed by atoms with Crippen molar-refractivity contribution in [2.75, 3.05) is 0 Å². The fraction of sp³-hybridized carbons (Fsp3) is 0.812. The molecule has 17 heavy (non-hydrogen) atoms. The highest BCUT2D eigenvalue weighted by Gasteiger charge is 2.28. The number of ketones is 1. The van der Waals surface area contributed by atoms with Crippen LogP contribution in [0.4, 0.5) is 0 Å². The van der Waals surface area contributed by atoms with Gasteiger partial charge in [0.1, 0.15) is 0 Å². The van der Waals surface area contributed by atoms with E-state index in [0.29, 0.717) is 11.7 Å². The van der Waals surface area contributed by atoms with Crippen LogP contribution in [0.2, 0.25) is 0 Å². The SMILES string of the molecule is CCC1CCC(C(=O)C2=CCC(C)CC2)CC1. The first kappa shape index (κ1) is 12.9. The highest BCUT2D eigenvalue weighted by atomic mass is 16.1. The second kappa shape index (κ2) is 5.84. The Balaban J connectivity index is 1.88. The third-order valence-corrected chi connectivity index (χ3v) is 4.78. The van der Waals surface area contributed by atoms with Crippen LogP contribution in [-0.2, 0) is 4.79 Å². The second-order valence-corrected chi connectivity index (χ2v) is 6.10. The Labute approximate surface area is 106 Å². The minimum absolute atomic E-state index is 0.359. The molecule has 0 aliphatic heterocycles. The van der Waals surface area contributed by atoms with E-state index in [1.165, 1.54) is 25.7 Å². The van der Waals surface area contributed by atoms with Gasteiger partial charge in [0.05, 0.1) is 0 Å². The van der Waals surface area contributed by atoms with Crippen LogP contribution in [0.5, 0.6) is 0 Å². The summed E-state index contributed by atoms with van der Waals surface area (Å²) in [6, 6.07) is 0. The molecule has 0 saturated heterocycles. The molecular weight excluding hydrogens is 208 g/mol. The molecule has 1 fully saturated rings. The fourth-order valence-electron chi connectivity index (χ4n) is 3.28. The molecule has 0 radical (unpaired) electrons. The zero-order chi connectivity index (χ0) is 12.3. The Hall–Kier alpha value is -0.590. The first-order valence-corrected chi connectivity index (χ1v) is 7.44. The van der Waals surface area contributed by atoms with Crippen LogP contribution in [0, 0.1) is 17.8 Å². The van der Waals surface area contributed by atoms with Gasteiger partial charge in [0.15, 0.2) is 5.78 Å². The number of hydrogen-bond donors (Lipinski definition) is 0. The molecule has 0 aromatic heterocycles. The van der Waals surface area contributed by atoms with E-state index < -0.39 is 0 Å². The van der Waals surface area contributed by atoms with Gasteiger partial charge >= 0.3 is 0 Å². The molecule has 0 amide bonds. The van der Waals surface area contributed by atoms with Gasteiger partial charge in [-0.2, -0.15) is 0 Å². The monoisotopic (exact) mass is 234 g/mol. The maximum Gasteiger partial charge on any atom is 0.161 e. The van der Waals surface area contributed by atoms with Crippen LogP contribution in [0.25, 0.3) is 0 Å². The summed E-state index contributed by atoms with van der Waals surface area (Å²) in [4.78, 5) is 12.4. The van der Waals surface area contributed by atoms with E-state index >= 15 is 0 Å². The third kappa shape index (κ3) is 3.20. The van der Waals surface area contributed by atoms with Crippen molar-refractivity contribution in [1.82, 2.24) is 0 Å². The molecule has 96 valence electrons. The maximum absolute atomic E-state index is 12.4. The summed E-state index contributed by atoms with van der Waals surface area (Å²) in [5, 5.41) is 0. The van der Waals surface area contributed by atoms with E-state index in [1.807, 2.05) is 0 Å². The summed E-state index contributed by atoms with van der Waals surface area (Å²) in [5.41, 5.74) is 1.16. The molecule has 1 heteroatoms. The first-order valence-electron chi connectivity index (χ1n) is 7.44. The maximum atomic E-state index is 12.4. The Morgan fingerprint density at radius 3 is 2.47 bits per heavy atom. The Morgan fingerprint density at radius 2 is 1.94 bits per heavy atom. The summed E-state index contributed by atoms with van der Waals surface area (Å²) in [5.74, 6) is 2.52. The van der Waals surface area contributed by atoms with E-state index in [4.69, 9.17) is 0 Å². The molecule has 1 nitrogen and oxygen atoms in total. The topological polar surface area (TPSA) is 17.1 Å². The molecular formula is C16H26O. The van der Waals surface area contributed by atoms with E-state index in [2.05, 4.69) is 19.9 Å². The second-order valence-electron chi connectivity index (χ2n) is 6.10. The van der Waals surface area contributed by atoms with Crippen LogP contribution < -0.4 is 0 Å². The van der Waals surface area contributed by atoms with E-state index in [-0.39, 0.29) is 0 Å². The predicted molar refractivity (Wildman–Crippen MR) is 71.8 cm³/mol. The van der Waals surface area contributed by atoms with Gasteiger partial charge in [-0.25, -0.2) is 0 Å². The quantitative estimate of drug-likeness (QED) is 0.701. The molecule has 1 atom stereocenters. The number of hydrogen-bond acceptors (Lipinski definition) is 1. The van der Waals surface area contributed by atoms with Crippen LogP contribution >= 0.6 is 0 Å². The number of Topliss-reactive ketones (excluding diaryl/α,β-unsaturated/α-hetero) is 1. The summed E-state index contributed by atoms with van der Waals surface area (Å²) < 4.78 is 0. The largest absolute Gasteiger partial charge is 0.294 e.